The number of carbonyl (C=O) groups excluding carboxylic acids is 1. The quantitative estimate of drug-likeness (QED) is 0.671. The summed E-state index contributed by atoms with van der Waals surface area (Å²) in [5.41, 5.74) is 5.56. The topological polar surface area (TPSA) is 55.6 Å². The second-order valence-corrected chi connectivity index (χ2v) is 3.26. The van der Waals surface area contributed by atoms with Gasteiger partial charge in [0.15, 0.2) is 0 Å². The highest BCUT2D eigenvalue weighted by atomic mass is 16.5. The van der Waals surface area contributed by atoms with Gasteiger partial charge in [-0.15, -0.1) is 0 Å². The second-order valence-electron chi connectivity index (χ2n) is 3.26. The lowest BCUT2D eigenvalue weighted by molar-refractivity contribution is -0.136. The van der Waals surface area contributed by atoms with Gasteiger partial charge in [-0.2, -0.15) is 0 Å². The molecule has 76 valence electrons. The van der Waals surface area contributed by atoms with E-state index in [-0.39, 0.29) is 18.6 Å². The number of nitrogens with two attached hydrogens (primary N) is 1. The van der Waals surface area contributed by atoms with Crippen molar-refractivity contribution in [1.29, 1.82) is 0 Å². The second kappa shape index (κ2) is 5.19. The molecule has 2 N–H and O–H groups in total. The summed E-state index contributed by atoms with van der Waals surface area (Å²) < 4.78 is 5.07. The molecule has 1 atom stereocenters. The van der Waals surface area contributed by atoms with Crippen LogP contribution in [-0.2, 0) is 9.53 Å². The predicted octanol–water partition coefficient (Wildman–Crippen LogP) is -0.0274. The Balaban J connectivity index is 2.36. The highest BCUT2D eigenvalue weighted by Gasteiger charge is 2.26. The molecule has 0 aromatic rings. The molecule has 1 unspecified atom stereocenters. The van der Waals surface area contributed by atoms with Gasteiger partial charge in [0, 0.05) is 25.7 Å². The third-order valence-electron chi connectivity index (χ3n) is 2.40. The molecule has 0 saturated carbocycles. The summed E-state index contributed by atoms with van der Waals surface area (Å²) in [6.45, 7) is 4.09. The largest absolute Gasteiger partial charge is 0.372 e. The predicted molar refractivity (Wildman–Crippen MR) is 50.3 cm³/mol. The average molecular weight is 186 g/mol. The molecule has 0 aliphatic carbocycles. The zero-order valence-corrected chi connectivity index (χ0v) is 8.16. The third-order valence-corrected chi connectivity index (χ3v) is 2.40. The number of hydrogen-bond donors (Lipinski definition) is 1. The van der Waals surface area contributed by atoms with E-state index >= 15 is 0 Å². The Labute approximate surface area is 79.0 Å². The summed E-state index contributed by atoms with van der Waals surface area (Å²) in [6.07, 6.45) is 2.11. The summed E-state index contributed by atoms with van der Waals surface area (Å²) in [5.74, 6) is 0.0785. The normalized spacial score (nSPS) is 22.3. The van der Waals surface area contributed by atoms with Crippen molar-refractivity contribution in [1.82, 2.24) is 4.90 Å². The van der Waals surface area contributed by atoms with E-state index in [0.717, 1.165) is 19.4 Å². The summed E-state index contributed by atoms with van der Waals surface area (Å²) in [5, 5.41) is 0. The van der Waals surface area contributed by atoms with E-state index in [1.54, 1.807) is 0 Å². The van der Waals surface area contributed by atoms with Gasteiger partial charge >= 0.3 is 0 Å². The van der Waals surface area contributed by atoms with Crippen molar-refractivity contribution in [2.75, 3.05) is 26.3 Å². The number of hydrogen-bond acceptors (Lipinski definition) is 3. The molecule has 0 bridgehead atoms. The molecule has 1 aliphatic heterocycles. The van der Waals surface area contributed by atoms with E-state index in [9.17, 15) is 4.79 Å². The maximum absolute atomic E-state index is 11.5. The number of amides is 1. The number of nitrogens with zero attached hydrogens (tertiary/aromatic N) is 1. The van der Waals surface area contributed by atoms with Crippen molar-refractivity contribution in [2.45, 2.75) is 25.8 Å². The van der Waals surface area contributed by atoms with Crippen LogP contribution >= 0.6 is 0 Å². The molecule has 0 spiro atoms. The first kappa shape index (κ1) is 10.5. The van der Waals surface area contributed by atoms with Crippen LogP contribution in [-0.4, -0.2) is 43.2 Å². The fraction of sp³-hybridized carbons (Fsp3) is 0.889. The van der Waals surface area contributed by atoms with E-state index in [0.29, 0.717) is 13.2 Å². The SMILES string of the molecule is CCOCC(=O)N1CCCC1CN. The summed E-state index contributed by atoms with van der Waals surface area (Å²) in [7, 11) is 0. The minimum Gasteiger partial charge on any atom is -0.372 e. The molecular formula is C9H18N2O2. The van der Waals surface area contributed by atoms with E-state index in [1.807, 2.05) is 11.8 Å². The van der Waals surface area contributed by atoms with Crippen molar-refractivity contribution in [3.63, 3.8) is 0 Å². The third kappa shape index (κ3) is 2.67. The lowest BCUT2D eigenvalue weighted by Gasteiger charge is -2.23. The van der Waals surface area contributed by atoms with Crippen LogP contribution in [0.15, 0.2) is 0 Å². The standard InChI is InChI=1S/C9H18N2O2/c1-2-13-7-9(12)11-5-3-4-8(11)6-10/h8H,2-7,10H2,1H3. The number of rotatable bonds is 4. The fourth-order valence-electron chi connectivity index (χ4n) is 1.68. The Kier molecular flexibility index (Phi) is 4.18. The zero-order valence-electron chi connectivity index (χ0n) is 8.16. The summed E-state index contributed by atoms with van der Waals surface area (Å²) in [6, 6.07) is 0.243. The molecular weight excluding hydrogens is 168 g/mol. The maximum Gasteiger partial charge on any atom is 0.248 e. The van der Waals surface area contributed by atoms with Gasteiger partial charge in [-0.25, -0.2) is 0 Å². The molecule has 1 saturated heterocycles. The van der Waals surface area contributed by atoms with E-state index in [1.165, 1.54) is 0 Å². The minimum absolute atomic E-state index is 0.0785. The van der Waals surface area contributed by atoms with Crippen molar-refractivity contribution in [3.8, 4) is 0 Å². The molecule has 0 aromatic carbocycles. The van der Waals surface area contributed by atoms with Crippen LogP contribution in [0.1, 0.15) is 19.8 Å². The Morgan fingerprint density at radius 1 is 1.69 bits per heavy atom. The molecule has 1 aliphatic rings. The van der Waals surface area contributed by atoms with Crippen molar-refractivity contribution in [3.05, 3.63) is 0 Å². The van der Waals surface area contributed by atoms with Gasteiger partial charge < -0.3 is 15.4 Å². The first-order valence-corrected chi connectivity index (χ1v) is 4.86. The smallest absolute Gasteiger partial charge is 0.248 e. The molecule has 4 heteroatoms. The lowest BCUT2D eigenvalue weighted by atomic mass is 10.2. The molecule has 4 nitrogen and oxygen atoms in total. The van der Waals surface area contributed by atoms with Crippen LogP contribution in [0, 0.1) is 0 Å². The Bertz CT molecular complexity index is 173. The maximum atomic E-state index is 11.5. The van der Waals surface area contributed by atoms with Crippen LogP contribution in [0.4, 0.5) is 0 Å². The van der Waals surface area contributed by atoms with Crippen molar-refractivity contribution >= 4 is 5.91 Å². The van der Waals surface area contributed by atoms with Gasteiger partial charge in [-0.3, -0.25) is 4.79 Å². The van der Waals surface area contributed by atoms with E-state index < -0.39 is 0 Å². The molecule has 1 rings (SSSR count). The Hall–Kier alpha value is -0.610. The van der Waals surface area contributed by atoms with Gasteiger partial charge in [0.2, 0.25) is 5.91 Å². The highest BCUT2D eigenvalue weighted by Crippen LogP contribution is 2.15. The molecule has 1 amide bonds. The highest BCUT2D eigenvalue weighted by molar-refractivity contribution is 5.78. The summed E-state index contributed by atoms with van der Waals surface area (Å²) in [4.78, 5) is 13.4. The van der Waals surface area contributed by atoms with E-state index in [4.69, 9.17) is 10.5 Å². The first-order valence-electron chi connectivity index (χ1n) is 4.86. The lowest BCUT2D eigenvalue weighted by Crippen LogP contribution is -2.41. The Morgan fingerprint density at radius 2 is 2.46 bits per heavy atom. The molecule has 1 heterocycles. The molecule has 13 heavy (non-hydrogen) atoms. The average Bonchev–Trinajstić information content (AvgIpc) is 2.61. The number of ether oxygens (including phenoxy) is 1. The van der Waals surface area contributed by atoms with Crippen LogP contribution in [0.25, 0.3) is 0 Å². The Morgan fingerprint density at radius 3 is 3.08 bits per heavy atom. The van der Waals surface area contributed by atoms with Crippen LogP contribution in [0.5, 0.6) is 0 Å². The molecule has 0 radical (unpaired) electrons. The fourth-order valence-corrected chi connectivity index (χ4v) is 1.68. The first-order chi connectivity index (χ1) is 6.29. The van der Waals surface area contributed by atoms with Gasteiger partial charge in [0.1, 0.15) is 6.61 Å². The summed E-state index contributed by atoms with van der Waals surface area (Å²) >= 11 is 0. The van der Waals surface area contributed by atoms with Crippen molar-refractivity contribution < 1.29 is 9.53 Å². The van der Waals surface area contributed by atoms with Gasteiger partial charge in [-0.05, 0) is 19.8 Å². The monoisotopic (exact) mass is 186 g/mol. The van der Waals surface area contributed by atoms with Crippen LogP contribution < -0.4 is 5.73 Å². The van der Waals surface area contributed by atoms with Crippen LogP contribution in [0.2, 0.25) is 0 Å². The zero-order chi connectivity index (χ0) is 9.68. The number of carbonyl (C=O) groups is 1. The van der Waals surface area contributed by atoms with Gasteiger partial charge in [0.05, 0.1) is 0 Å². The number of likely N-dealkylation sites (tertiary alicyclic amines) is 1. The van der Waals surface area contributed by atoms with Gasteiger partial charge in [-0.1, -0.05) is 0 Å². The van der Waals surface area contributed by atoms with Crippen LogP contribution in [0.3, 0.4) is 0 Å². The van der Waals surface area contributed by atoms with Gasteiger partial charge in [0.25, 0.3) is 0 Å². The van der Waals surface area contributed by atoms with E-state index in [2.05, 4.69) is 0 Å². The minimum atomic E-state index is 0.0785. The molecule has 0 aromatic heterocycles. The molecule has 1 fully saturated rings. The van der Waals surface area contributed by atoms with Crippen molar-refractivity contribution in [2.24, 2.45) is 5.73 Å².